The SMILES string of the molecule is CCCCCCCCCCCCCCCOC(=O)CC[C@H](NC(=O)c1ccc(N(Cc2cnc3nc(N)[nH]c(=O)c3n2)C(=O)C(F)(F)F)cc1)C(=O)OCCCCCCCCCCCCCCC. The van der Waals surface area contributed by atoms with Crippen molar-refractivity contribution in [1.29, 1.82) is 0 Å². The Morgan fingerprint density at radius 2 is 1.16 bits per heavy atom. The summed E-state index contributed by atoms with van der Waals surface area (Å²) >= 11 is 0. The van der Waals surface area contributed by atoms with E-state index in [2.05, 4.69) is 39.1 Å². The van der Waals surface area contributed by atoms with Gasteiger partial charge < -0.3 is 20.5 Å². The molecule has 0 unspecified atom stereocenters. The molecule has 68 heavy (non-hydrogen) atoms. The van der Waals surface area contributed by atoms with Gasteiger partial charge in [0.1, 0.15) is 6.04 Å². The zero-order valence-corrected chi connectivity index (χ0v) is 40.7. The van der Waals surface area contributed by atoms with Crippen LogP contribution in [-0.2, 0) is 30.4 Å². The standard InChI is InChI=1S/C51H78F3N7O7/c1-3-5-7-9-11-13-15-17-19-21-23-25-27-35-67-43(62)34-33-42(48(65)68-36-28-26-24-22-20-18-16-14-12-10-8-6-4-2)58-46(63)39-29-31-41(32-30-39)61(49(66)51(52,53)54)38-40-37-56-45-44(57-40)47(64)60-50(55)59-45/h29-32,37,42H,3-28,33-36,38H2,1-2H3,(H,58,63)(H3,55,56,59,60,64)/t42-/m0/s1. The van der Waals surface area contributed by atoms with Crippen molar-refractivity contribution in [2.24, 2.45) is 0 Å². The van der Waals surface area contributed by atoms with Crippen molar-refractivity contribution >= 4 is 46.6 Å². The van der Waals surface area contributed by atoms with Gasteiger partial charge in [-0.15, -0.1) is 0 Å². The number of anilines is 2. The highest BCUT2D eigenvalue weighted by molar-refractivity contribution is 5.99. The Bertz CT molecular complexity index is 1980. The number of fused-ring (bicyclic) bond motifs is 1. The lowest BCUT2D eigenvalue weighted by Gasteiger charge is -2.24. The van der Waals surface area contributed by atoms with Crippen molar-refractivity contribution in [2.45, 2.75) is 212 Å². The number of hydrogen-bond donors (Lipinski definition) is 3. The Morgan fingerprint density at radius 1 is 0.691 bits per heavy atom. The fraction of sp³-hybridized carbons (Fsp3) is 0.686. The number of nitrogen functional groups attached to an aromatic ring is 1. The first-order valence-electron chi connectivity index (χ1n) is 25.5. The van der Waals surface area contributed by atoms with Gasteiger partial charge in [0.15, 0.2) is 11.2 Å². The monoisotopic (exact) mass is 958 g/mol. The van der Waals surface area contributed by atoms with E-state index in [4.69, 9.17) is 15.2 Å². The number of aromatic amines is 1. The average molecular weight is 958 g/mol. The van der Waals surface area contributed by atoms with Crippen LogP contribution in [-0.4, -0.2) is 69.1 Å². The molecule has 1 aromatic carbocycles. The number of carbonyl (C=O) groups is 4. The predicted octanol–water partition coefficient (Wildman–Crippen LogP) is 11.5. The molecule has 0 saturated carbocycles. The fourth-order valence-electron chi connectivity index (χ4n) is 7.96. The molecule has 3 rings (SSSR count). The van der Waals surface area contributed by atoms with E-state index in [1.165, 1.54) is 128 Å². The number of aromatic nitrogens is 4. The molecule has 1 atom stereocenters. The lowest BCUT2D eigenvalue weighted by Crippen LogP contribution is -2.42. The van der Waals surface area contributed by atoms with Gasteiger partial charge in [0.2, 0.25) is 5.95 Å². The quantitative estimate of drug-likeness (QED) is 0.0367. The Morgan fingerprint density at radius 3 is 1.65 bits per heavy atom. The Hall–Kier alpha value is -5.09. The van der Waals surface area contributed by atoms with Crippen molar-refractivity contribution in [3.8, 4) is 0 Å². The van der Waals surface area contributed by atoms with E-state index < -0.39 is 48.1 Å². The number of alkyl halides is 3. The van der Waals surface area contributed by atoms with Crippen LogP contribution in [0, 0.1) is 0 Å². The molecular weight excluding hydrogens is 880 g/mol. The first-order valence-corrected chi connectivity index (χ1v) is 25.5. The van der Waals surface area contributed by atoms with Crippen molar-refractivity contribution in [1.82, 2.24) is 25.3 Å². The molecule has 17 heteroatoms. The first-order chi connectivity index (χ1) is 32.8. The number of halogens is 3. The number of benzene rings is 1. The van der Waals surface area contributed by atoms with E-state index in [1.54, 1.807) is 0 Å². The van der Waals surface area contributed by atoms with E-state index in [0.29, 0.717) is 11.3 Å². The van der Waals surface area contributed by atoms with Gasteiger partial charge >= 0.3 is 24.0 Å². The third-order valence-electron chi connectivity index (χ3n) is 12.0. The number of H-pyrrole nitrogens is 1. The Labute approximate surface area is 400 Å². The van der Waals surface area contributed by atoms with Crippen LogP contribution < -0.4 is 21.5 Å². The lowest BCUT2D eigenvalue weighted by atomic mass is 10.0. The third kappa shape index (κ3) is 23.3. The highest BCUT2D eigenvalue weighted by Gasteiger charge is 2.43. The Kier molecular flexibility index (Phi) is 28.1. The molecule has 0 aliphatic heterocycles. The number of ether oxygens (including phenoxy) is 2. The average Bonchev–Trinajstić information content (AvgIpc) is 3.31. The molecule has 3 aromatic rings. The first kappa shape index (κ1) is 57.2. The maximum Gasteiger partial charge on any atom is 0.471 e. The zero-order valence-electron chi connectivity index (χ0n) is 40.7. The third-order valence-corrected chi connectivity index (χ3v) is 12.0. The van der Waals surface area contributed by atoms with E-state index in [0.717, 1.165) is 63.3 Å². The summed E-state index contributed by atoms with van der Waals surface area (Å²) in [6.07, 6.45) is 26.1. The molecular formula is C51H78F3N7O7. The Balaban J connectivity index is 1.54. The molecule has 380 valence electrons. The molecule has 2 amide bonds. The van der Waals surface area contributed by atoms with Crippen LogP contribution in [0.3, 0.4) is 0 Å². The maximum atomic E-state index is 13.8. The summed E-state index contributed by atoms with van der Waals surface area (Å²) in [5, 5.41) is 2.62. The van der Waals surface area contributed by atoms with Crippen LogP contribution in [0.25, 0.3) is 11.2 Å². The van der Waals surface area contributed by atoms with Crippen LogP contribution in [0.5, 0.6) is 0 Å². The summed E-state index contributed by atoms with van der Waals surface area (Å²) in [6.45, 7) is 4.12. The number of rotatable bonds is 37. The van der Waals surface area contributed by atoms with Gasteiger partial charge in [-0.3, -0.25) is 29.1 Å². The molecule has 4 N–H and O–H groups in total. The van der Waals surface area contributed by atoms with Crippen LogP contribution >= 0.6 is 0 Å². The topological polar surface area (TPSA) is 200 Å². The molecule has 14 nitrogen and oxygen atoms in total. The molecule has 2 heterocycles. The summed E-state index contributed by atoms with van der Waals surface area (Å²) in [5.41, 5.74) is 3.92. The zero-order chi connectivity index (χ0) is 49.4. The molecule has 0 fully saturated rings. The fourth-order valence-corrected chi connectivity index (χ4v) is 7.96. The molecule has 0 radical (unpaired) electrons. The second-order valence-electron chi connectivity index (χ2n) is 17.9. The molecule has 0 aliphatic rings. The number of nitrogens with two attached hydrogens (primary N) is 1. The number of nitrogens with zero attached hydrogens (tertiary/aromatic N) is 4. The van der Waals surface area contributed by atoms with Gasteiger partial charge in [0.05, 0.1) is 31.6 Å². The number of amides is 2. The lowest BCUT2D eigenvalue weighted by molar-refractivity contribution is -0.170. The van der Waals surface area contributed by atoms with Crippen LogP contribution in [0.4, 0.5) is 24.8 Å². The highest BCUT2D eigenvalue weighted by Crippen LogP contribution is 2.26. The number of unbranched alkanes of at least 4 members (excludes halogenated alkanes) is 24. The van der Waals surface area contributed by atoms with Crippen LogP contribution in [0.1, 0.15) is 210 Å². The van der Waals surface area contributed by atoms with Gasteiger partial charge in [-0.1, -0.05) is 168 Å². The minimum absolute atomic E-state index is 0.0341. The van der Waals surface area contributed by atoms with Gasteiger partial charge in [-0.25, -0.2) is 14.8 Å². The minimum atomic E-state index is -5.29. The van der Waals surface area contributed by atoms with E-state index in [-0.39, 0.29) is 60.1 Å². The number of hydrogen-bond acceptors (Lipinski definition) is 11. The molecule has 2 aromatic heterocycles. The van der Waals surface area contributed by atoms with E-state index in [9.17, 15) is 37.1 Å². The normalized spacial score (nSPS) is 12.0. The van der Waals surface area contributed by atoms with Crippen molar-refractivity contribution in [2.75, 3.05) is 23.8 Å². The summed E-state index contributed by atoms with van der Waals surface area (Å²) in [7, 11) is 0. The predicted molar refractivity (Wildman–Crippen MR) is 260 cm³/mol. The second-order valence-corrected chi connectivity index (χ2v) is 17.9. The maximum absolute atomic E-state index is 13.8. The molecule has 0 aliphatic carbocycles. The molecule has 0 saturated heterocycles. The largest absolute Gasteiger partial charge is 0.471 e. The van der Waals surface area contributed by atoms with Gasteiger partial charge in [0, 0.05) is 17.7 Å². The number of nitrogens with one attached hydrogen (secondary N) is 2. The van der Waals surface area contributed by atoms with Gasteiger partial charge in [-0.05, 0) is 43.5 Å². The van der Waals surface area contributed by atoms with Crippen LogP contribution in [0.2, 0.25) is 0 Å². The summed E-state index contributed by atoms with van der Waals surface area (Å²) < 4.78 is 52.5. The van der Waals surface area contributed by atoms with E-state index in [1.807, 2.05) is 0 Å². The number of esters is 2. The summed E-state index contributed by atoms with van der Waals surface area (Å²) in [5.74, 6) is -4.43. The summed E-state index contributed by atoms with van der Waals surface area (Å²) in [6, 6.07) is 3.46. The van der Waals surface area contributed by atoms with Crippen molar-refractivity contribution < 1.29 is 41.8 Å². The van der Waals surface area contributed by atoms with Crippen molar-refractivity contribution in [3.05, 3.63) is 52.1 Å². The van der Waals surface area contributed by atoms with Crippen molar-refractivity contribution in [3.63, 3.8) is 0 Å². The van der Waals surface area contributed by atoms with Gasteiger partial charge in [-0.2, -0.15) is 18.2 Å². The number of carbonyl (C=O) groups excluding carboxylic acids is 4. The van der Waals surface area contributed by atoms with Crippen LogP contribution in [0.15, 0.2) is 35.3 Å². The second kappa shape index (κ2) is 33.4. The molecule has 0 bridgehead atoms. The summed E-state index contributed by atoms with van der Waals surface area (Å²) in [4.78, 5) is 79.1. The highest BCUT2D eigenvalue weighted by atomic mass is 19.4. The smallest absolute Gasteiger partial charge is 0.466 e. The minimum Gasteiger partial charge on any atom is -0.466 e. The van der Waals surface area contributed by atoms with Gasteiger partial charge in [0.25, 0.3) is 11.5 Å². The molecule has 0 spiro atoms. The van der Waals surface area contributed by atoms with E-state index >= 15 is 0 Å².